The van der Waals surface area contributed by atoms with Crippen LogP contribution in [0.4, 0.5) is 0 Å². The van der Waals surface area contributed by atoms with E-state index in [1.165, 1.54) is 0 Å². The number of hydrogen-bond donors (Lipinski definition) is 2. The van der Waals surface area contributed by atoms with Crippen molar-refractivity contribution in [2.45, 2.75) is 6.61 Å². The van der Waals surface area contributed by atoms with Crippen molar-refractivity contribution in [2.24, 2.45) is 0 Å². The number of hydrogen-bond acceptors (Lipinski definition) is 3. The molecular weight excluding hydrogens is 296 g/mol. The van der Waals surface area contributed by atoms with Crippen LogP contribution in [0.3, 0.4) is 0 Å². The summed E-state index contributed by atoms with van der Waals surface area (Å²) in [4.78, 5) is 11.6. The van der Waals surface area contributed by atoms with Crippen LogP contribution in [0.1, 0.15) is 11.1 Å². The fourth-order valence-corrected chi connectivity index (χ4v) is 2.25. The van der Waals surface area contributed by atoms with Gasteiger partial charge in [-0.05, 0) is 41.6 Å². The number of rotatable bonds is 4. The molecule has 2 aromatic carbocycles. The number of thiocarbonyl (C=S) groups is 1. The van der Waals surface area contributed by atoms with Crippen LogP contribution in [0.15, 0.2) is 60.3 Å². The number of ether oxygens (including phenoxy) is 1. The molecule has 0 bridgehead atoms. The molecule has 0 atom stereocenters. The third-order valence-corrected chi connectivity index (χ3v) is 3.36. The highest BCUT2D eigenvalue weighted by Crippen LogP contribution is 2.16. The third-order valence-electron chi connectivity index (χ3n) is 3.16. The van der Waals surface area contributed by atoms with Crippen molar-refractivity contribution in [2.75, 3.05) is 0 Å². The van der Waals surface area contributed by atoms with Crippen LogP contribution >= 0.6 is 12.2 Å². The number of carbonyl (C=O) groups is 1. The molecule has 22 heavy (non-hydrogen) atoms. The van der Waals surface area contributed by atoms with E-state index in [0.29, 0.717) is 17.4 Å². The van der Waals surface area contributed by atoms with Crippen LogP contribution in [0.2, 0.25) is 0 Å². The van der Waals surface area contributed by atoms with Gasteiger partial charge in [0.05, 0.1) is 0 Å². The average molecular weight is 310 g/mol. The predicted molar refractivity (Wildman–Crippen MR) is 89.1 cm³/mol. The molecule has 1 aliphatic heterocycles. The van der Waals surface area contributed by atoms with Crippen LogP contribution in [0.25, 0.3) is 6.08 Å². The standard InChI is InChI=1S/C17H14N2O2S/c20-16-15(18-17(22)19-16)10-12-6-8-14(9-7-12)21-11-13-4-2-1-3-5-13/h1-10H,11H2,(H2,18,19,20,22). The van der Waals surface area contributed by atoms with Crippen LogP contribution in [-0.4, -0.2) is 11.0 Å². The minimum absolute atomic E-state index is 0.214. The fraction of sp³-hybridized carbons (Fsp3) is 0.0588. The molecular formula is C17H14N2O2S. The van der Waals surface area contributed by atoms with E-state index in [1.807, 2.05) is 54.6 Å². The van der Waals surface area contributed by atoms with Crippen LogP contribution in [-0.2, 0) is 11.4 Å². The molecule has 0 radical (unpaired) electrons. The van der Waals surface area contributed by atoms with Crippen molar-refractivity contribution < 1.29 is 9.53 Å². The first-order chi connectivity index (χ1) is 10.7. The second-order valence-electron chi connectivity index (χ2n) is 4.81. The Kier molecular flexibility index (Phi) is 4.16. The Bertz CT molecular complexity index is 724. The quantitative estimate of drug-likeness (QED) is 0.673. The van der Waals surface area contributed by atoms with E-state index < -0.39 is 0 Å². The summed E-state index contributed by atoms with van der Waals surface area (Å²) in [7, 11) is 0. The molecule has 2 aromatic rings. The predicted octanol–water partition coefficient (Wildman–Crippen LogP) is 2.61. The Balaban J connectivity index is 1.64. The lowest BCUT2D eigenvalue weighted by molar-refractivity contribution is -0.115. The van der Waals surface area contributed by atoms with Gasteiger partial charge in [0.15, 0.2) is 5.11 Å². The summed E-state index contributed by atoms with van der Waals surface area (Å²) in [5, 5.41) is 5.67. The van der Waals surface area contributed by atoms with Gasteiger partial charge in [0.2, 0.25) is 0 Å². The number of benzene rings is 2. The van der Waals surface area contributed by atoms with Crippen LogP contribution in [0.5, 0.6) is 5.75 Å². The maximum absolute atomic E-state index is 11.6. The summed E-state index contributed by atoms with van der Waals surface area (Å²) in [6, 6.07) is 17.5. The van der Waals surface area contributed by atoms with Gasteiger partial charge in [0, 0.05) is 0 Å². The van der Waals surface area contributed by atoms with E-state index in [2.05, 4.69) is 10.6 Å². The minimum Gasteiger partial charge on any atom is -0.489 e. The van der Waals surface area contributed by atoms with Crippen LogP contribution in [0, 0.1) is 0 Å². The van der Waals surface area contributed by atoms with E-state index in [-0.39, 0.29) is 5.91 Å². The van der Waals surface area contributed by atoms with E-state index in [0.717, 1.165) is 16.9 Å². The average Bonchev–Trinajstić information content (AvgIpc) is 2.85. The van der Waals surface area contributed by atoms with Crippen molar-refractivity contribution in [3.05, 3.63) is 71.4 Å². The monoisotopic (exact) mass is 310 g/mol. The third kappa shape index (κ3) is 3.51. The second-order valence-corrected chi connectivity index (χ2v) is 5.22. The summed E-state index contributed by atoms with van der Waals surface area (Å²) in [5.74, 6) is 0.569. The first kappa shape index (κ1) is 14.3. The van der Waals surface area contributed by atoms with Gasteiger partial charge < -0.3 is 10.1 Å². The first-order valence-corrected chi connectivity index (χ1v) is 7.22. The van der Waals surface area contributed by atoms with E-state index in [4.69, 9.17) is 17.0 Å². The molecule has 0 unspecified atom stereocenters. The molecule has 0 saturated carbocycles. The molecule has 1 aliphatic rings. The molecule has 2 N–H and O–H groups in total. The molecule has 1 heterocycles. The maximum Gasteiger partial charge on any atom is 0.273 e. The van der Waals surface area contributed by atoms with Crippen molar-refractivity contribution in [3.63, 3.8) is 0 Å². The summed E-state index contributed by atoms with van der Waals surface area (Å²) < 4.78 is 5.72. The van der Waals surface area contributed by atoms with Crippen molar-refractivity contribution in [1.29, 1.82) is 0 Å². The van der Waals surface area contributed by atoms with Gasteiger partial charge in [0.1, 0.15) is 18.1 Å². The highest BCUT2D eigenvalue weighted by molar-refractivity contribution is 7.80. The van der Waals surface area contributed by atoms with Crippen molar-refractivity contribution in [1.82, 2.24) is 10.6 Å². The Morgan fingerprint density at radius 1 is 1.00 bits per heavy atom. The van der Waals surface area contributed by atoms with Gasteiger partial charge in [-0.15, -0.1) is 0 Å². The minimum atomic E-state index is -0.214. The fourth-order valence-electron chi connectivity index (χ4n) is 2.05. The molecule has 1 fully saturated rings. The smallest absolute Gasteiger partial charge is 0.273 e. The van der Waals surface area contributed by atoms with Crippen molar-refractivity contribution in [3.8, 4) is 5.75 Å². The van der Waals surface area contributed by atoms with Gasteiger partial charge in [-0.25, -0.2) is 0 Å². The first-order valence-electron chi connectivity index (χ1n) is 6.81. The molecule has 4 nitrogen and oxygen atoms in total. The Morgan fingerprint density at radius 3 is 2.36 bits per heavy atom. The Morgan fingerprint density at radius 2 is 1.73 bits per heavy atom. The molecule has 5 heteroatoms. The zero-order chi connectivity index (χ0) is 15.4. The summed E-state index contributed by atoms with van der Waals surface area (Å²) in [5.41, 5.74) is 2.46. The Hall–Kier alpha value is -2.66. The molecule has 110 valence electrons. The number of nitrogens with one attached hydrogen (secondary N) is 2. The van der Waals surface area contributed by atoms with Gasteiger partial charge >= 0.3 is 0 Å². The summed E-state index contributed by atoms with van der Waals surface area (Å²) in [6.07, 6.45) is 1.75. The summed E-state index contributed by atoms with van der Waals surface area (Å²) in [6.45, 7) is 0.527. The zero-order valence-electron chi connectivity index (χ0n) is 11.7. The van der Waals surface area contributed by atoms with E-state index in [1.54, 1.807) is 6.08 Å². The van der Waals surface area contributed by atoms with E-state index in [9.17, 15) is 4.79 Å². The highest BCUT2D eigenvalue weighted by Gasteiger charge is 2.19. The largest absolute Gasteiger partial charge is 0.489 e. The topological polar surface area (TPSA) is 50.4 Å². The Labute approximate surface area is 133 Å². The lowest BCUT2D eigenvalue weighted by atomic mass is 10.2. The maximum atomic E-state index is 11.6. The normalized spacial score (nSPS) is 15.5. The molecule has 1 amide bonds. The molecule has 0 aromatic heterocycles. The summed E-state index contributed by atoms with van der Waals surface area (Å²) >= 11 is 4.89. The van der Waals surface area contributed by atoms with Crippen molar-refractivity contribution >= 4 is 29.3 Å². The zero-order valence-corrected chi connectivity index (χ0v) is 12.5. The van der Waals surface area contributed by atoms with Crippen LogP contribution < -0.4 is 15.4 Å². The van der Waals surface area contributed by atoms with E-state index >= 15 is 0 Å². The molecule has 1 saturated heterocycles. The van der Waals surface area contributed by atoms with Gasteiger partial charge in [-0.3, -0.25) is 10.1 Å². The van der Waals surface area contributed by atoms with Gasteiger partial charge in [-0.1, -0.05) is 42.5 Å². The molecule has 3 rings (SSSR count). The lowest BCUT2D eigenvalue weighted by Crippen LogP contribution is -2.21. The second kappa shape index (κ2) is 6.41. The molecule has 0 spiro atoms. The molecule has 0 aliphatic carbocycles. The highest BCUT2D eigenvalue weighted by atomic mass is 32.1. The SMILES string of the molecule is O=C1NC(=S)NC1=Cc1ccc(OCc2ccccc2)cc1. The number of amides is 1. The van der Waals surface area contributed by atoms with Gasteiger partial charge in [-0.2, -0.15) is 0 Å². The number of carbonyl (C=O) groups excluding carboxylic acids is 1. The van der Waals surface area contributed by atoms with Gasteiger partial charge in [0.25, 0.3) is 5.91 Å². The lowest BCUT2D eigenvalue weighted by Gasteiger charge is -2.06.